The van der Waals surface area contributed by atoms with Crippen molar-refractivity contribution in [2.75, 3.05) is 24.0 Å². The van der Waals surface area contributed by atoms with Crippen molar-refractivity contribution >= 4 is 62.3 Å². The van der Waals surface area contributed by atoms with Gasteiger partial charge in [0.2, 0.25) is 11.8 Å². The summed E-state index contributed by atoms with van der Waals surface area (Å²) in [5, 5.41) is 3.79. The Balaban J connectivity index is 2.10. The molecule has 0 heterocycles. The maximum atomic E-state index is 14.0. The molecule has 0 aliphatic carbocycles. The fourth-order valence-electron chi connectivity index (χ4n) is 3.93. The highest BCUT2D eigenvalue weighted by molar-refractivity contribution is 7.92. The first-order chi connectivity index (χ1) is 19.0. The molecule has 1 N–H and O–H groups in total. The molecule has 0 spiro atoms. The summed E-state index contributed by atoms with van der Waals surface area (Å²) >= 11 is 18.4. The predicted molar refractivity (Wildman–Crippen MR) is 159 cm³/mol. The zero-order valence-electron chi connectivity index (χ0n) is 22.2. The minimum absolute atomic E-state index is 0.0604. The molecule has 3 aromatic rings. The van der Waals surface area contributed by atoms with Crippen LogP contribution in [0.25, 0.3) is 0 Å². The van der Waals surface area contributed by atoms with Crippen molar-refractivity contribution in [2.45, 2.75) is 38.3 Å². The molecule has 214 valence electrons. The van der Waals surface area contributed by atoms with Gasteiger partial charge in [0.05, 0.1) is 17.2 Å². The number of carbonyl (C=O) groups excluding carboxylic acids is 2. The van der Waals surface area contributed by atoms with E-state index in [4.69, 9.17) is 39.5 Å². The number of ether oxygens (including phenoxy) is 1. The molecule has 0 unspecified atom stereocenters. The van der Waals surface area contributed by atoms with Gasteiger partial charge >= 0.3 is 0 Å². The molecule has 1 atom stereocenters. The number of nitrogens with zero attached hydrogens (tertiary/aromatic N) is 2. The van der Waals surface area contributed by atoms with E-state index < -0.39 is 34.4 Å². The standard InChI is InChI=1S/C28H30Cl3N3O5S/c1-4-32-28(36)19(3)33(17-20-10-11-22(30)16-24(20)31)27(35)18-34(25-8-6-7-9-26(25)39-5-2)40(37,38)23-14-12-21(29)13-15-23/h6-16,19H,4-5,17-18H2,1-3H3,(H,32,36)/t19-/m1/s1. The smallest absolute Gasteiger partial charge is 0.264 e. The lowest BCUT2D eigenvalue weighted by molar-refractivity contribution is -0.139. The largest absolute Gasteiger partial charge is 0.492 e. The maximum Gasteiger partial charge on any atom is 0.264 e. The zero-order valence-corrected chi connectivity index (χ0v) is 25.3. The van der Waals surface area contributed by atoms with Crippen LogP contribution in [0.1, 0.15) is 26.3 Å². The van der Waals surface area contributed by atoms with Crippen molar-refractivity contribution < 1.29 is 22.7 Å². The normalized spacial score (nSPS) is 11.9. The van der Waals surface area contributed by atoms with Gasteiger partial charge in [0.25, 0.3) is 10.0 Å². The molecule has 3 rings (SSSR count). The van der Waals surface area contributed by atoms with Crippen molar-refractivity contribution in [2.24, 2.45) is 0 Å². The summed E-state index contributed by atoms with van der Waals surface area (Å²) in [6, 6.07) is 16.0. The van der Waals surface area contributed by atoms with Gasteiger partial charge in [-0.25, -0.2) is 8.42 Å². The second kappa shape index (κ2) is 14.1. The number of halogens is 3. The summed E-state index contributed by atoms with van der Waals surface area (Å²) in [6.45, 7) is 5.04. The quantitative estimate of drug-likeness (QED) is 0.274. The molecule has 0 bridgehead atoms. The number of likely N-dealkylation sites (N-methyl/N-ethyl adjacent to an activating group) is 1. The van der Waals surface area contributed by atoms with Crippen LogP contribution in [0.4, 0.5) is 5.69 Å². The lowest BCUT2D eigenvalue weighted by Gasteiger charge is -2.32. The number of nitrogens with one attached hydrogen (secondary N) is 1. The van der Waals surface area contributed by atoms with Gasteiger partial charge < -0.3 is 15.0 Å². The van der Waals surface area contributed by atoms with E-state index in [1.54, 1.807) is 57.2 Å². The number of hydrogen-bond acceptors (Lipinski definition) is 5. The first-order valence-corrected chi connectivity index (χ1v) is 15.1. The van der Waals surface area contributed by atoms with Gasteiger partial charge in [0.15, 0.2) is 0 Å². The monoisotopic (exact) mass is 625 g/mol. The molecule has 8 nitrogen and oxygen atoms in total. The summed E-state index contributed by atoms with van der Waals surface area (Å²) in [7, 11) is -4.28. The first-order valence-electron chi connectivity index (χ1n) is 12.5. The van der Waals surface area contributed by atoms with Crippen LogP contribution in [-0.2, 0) is 26.2 Å². The van der Waals surface area contributed by atoms with Gasteiger partial charge in [-0.3, -0.25) is 13.9 Å². The van der Waals surface area contributed by atoms with Crippen LogP contribution in [0.15, 0.2) is 71.6 Å². The fourth-order valence-corrected chi connectivity index (χ4v) is 5.94. The Morgan fingerprint density at radius 2 is 1.60 bits per heavy atom. The average molecular weight is 627 g/mol. The van der Waals surface area contributed by atoms with Crippen LogP contribution in [0.3, 0.4) is 0 Å². The average Bonchev–Trinajstić information content (AvgIpc) is 2.92. The van der Waals surface area contributed by atoms with Crippen molar-refractivity contribution in [3.8, 4) is 5.75 Å². The maximum absolute atomic E-state index is 14.0. The molecular weight excluding hydrogens is 597 g/mol. The van der Waals surface area contributed by atoms with E-state index in [0.717, 1.165) is 4.31 Å². The zero-order chi connectivity index (χ0) is 29.4. The second-order valence-electron chi connectivity index (χ2n) is 8.69. The van der Waals surface area contributed by atoms with Crippen LogP contribution < -0.4 is 14.4 Å². The molecule has 40 heavy (non-hydrogen) atoms. The third kappa shape index (κ3) is 7.60. The molecule has 0 fully saturated rings. The molecule has 12 heteroatoms. The summed E-state index contributed by atoms with van der Waals surface area (Å²) in [6.07, 6.45) is 0. The van der Waals surface area contributed by atoms with E-state index in [0.29, 0.717) is 27.2 Å². The Morgan fingerprint density at radius 1 is 0.950 bits per heavy atom. The van der Waals surface area contributed by atoms with Gasteiger partial charge in [0.1, 0.15) is 18.3 Å². The van der Waals surface area contributed by atoms with E-state index in [2.05, 4.69) is 5.32 Å². The topological polar surface area (TPSA) is 96.0 Å². The number of para-hydroxylation sites is 2. The van der Waals surface area contributed by atoms with Crippen molar-refractivity contribution in [3.05, 3.63) is 87.4 Å². The van der Waals surface area contributed by atoms with Crippen molar-refractivity contribution in [1.82, 2.24) is 10.2 Å². The summed E-state index contributed by atoms with van der Waals surface area (Å²) in [5.41, 5.74) is 0.708. The van der Waals surface area contributed by atoms with Gasteiger partial charge in [-0.2, -0.15) is 0 Å². The fraction of sp³-hybridized carbons (Fsp3) is 0.286. The molecule has 2 amide bonds. The number of hydrogen-bond donors (Lipinski definition) is 1. The van der Waals surface area contributed by atoms with Gasteiger partial charge in [0, 0.05) is 28.2 Å². The van der Waals surface area contributed by atoms with Crippen molar-refractivity contribution in [1.29, 1.82) is 0 Å². The van der Waals surface area contributed by atoms with Crippen LogP contribution in [0.5, 0.6) is 5.75 Å². The van der Waals surface area contributed by atoms with E-state index in [9.17, 15) is 18.0 Å². The van der Waals surface area contributed by atoms with E-state index in [-0.39, 0.29) is 29.5 Å². The highest BCUT2D eigenvalue weighted by atomic mass is 35.5. The molecule has 0 radical (unpaired) electrons. The van der Waals surface area contributed by atoms with Gasteiger partial charge in [-0.1, -0.05) is 53.0 Å². The third-order valence-corrected chi connectivity index (χ3v) is 8.60. The second-order valence-corrected chi connectivity index (χ2v) is 11.8. The number of amides is 2. The molecule has 0 saturated carbocycles. The molecule has 0 aromatic heterocycles. The first kappa shape index (κ1) is 31.5. The van der Waals surface area contributed by atoms with Gasteiger partial charge in [-0.15, -0.1) is 0 Å². The number of anilines is 1. The van der Waals surface area contributed by atoms with Crippen LogP contribution in [0, 0.1) is 0 Å². The van der Waals surface area contributed by atoms with Gasteiger partial charge in [-0.05, 0) is 74.9 Å². The number of benzene rings is 3. The Morgan fingerprint density at radius 3 is 2.23 bits per heavy atom. The number of sulfonamides is 1. The lowest BCUT2D eigenvalue weighted by atomic mass is 10.1. The third-order valence-electron chi connectivity index (χ3n) is 5.99. The van der Waals surface area contributed by atoms with Crippen LogP contribution >= 0.6 is 34.8 Å². The molecule has 0 saturated heterocycles. The summed E-state index contributed by atoms with van der Waals surface area (Å²) in [5.74, 6) is -0.754. The number of carbonyl (C=O) groups is 2. The minimum Gasteiger partial charge on any atom is -0.492 e. The van der Waals surface area contributed by atoms with E-state index in [1.165, 1.54) is 35.2 Å². The molecular formula is C28H30Cl3N3O5S. The Bertz CT molecular complexity index is 1450. The van der Waals surface area contributed by atoms with E-state index >= 15 is 0 Å². The summed E-state index contributed by atoms with van der Waals surface area (Å²) in [4.78, 5) is 28.0. The Labute approximate surface area is 249 Å². The van der Waals surface area contributed by atoms with Crippen molar-refractivity contribution in [3.63, 3.8) is 0 Å². The molecule has 0 aliphatic rings. The predicted octanol–water partition coefficient (Wildman–Crippen LogP) is 5.79. The number of rotatable bonds is 12. The van der Waals surface area contributed by atoms with E-state index in [1.807, 2.05) is 0 Å². The highest BCUT2D eigenvalue weighted by Gasteiger charge is 2.34. The summed E-state index contributed by atoms with van der Waals surface area (Å²) < 4.78 is 34.6. The Hall–Kier alpha value is -2.98. The molecule has 0 aliphatic heterocycles. The SMILES string of the molecule is CCNC(=O)[C@@H](C)N(Cc1ccc(Cl)cc1Cl)C(=O)CN(c1ccccc1OCC)S(=O)(=O)c1ccc(Cl)cc1. The minimum atomic E-state index is -4.28. The highest BCUT2D eigenvalue weighted by Crippen LogP contribution is 2.33. The molecule has 3 aromatic carbocycles. The lowest BCUT2D eigenvalue weighted by Crippen LogP contribution is -2.51. The van der Waals surface area contributed by atoms with Crippen LogP contribution in [-0.4, -0.2) is 50.9 Å². The van der Waals surface area contributed by atoms with Crippen LogP contribution in [0.2, 0.25) is 15.1 Å². The Kier molecular flexibility index (Phi) is 11.1.